The summed E-state index contributed by atoms with van der Waals surface area (Å²) in [6, 6.07) is -1.01. The summed E-state index contributed by atoms with van der Waals surface area (Å²) in [6.07, 6.45) is 1.30. The summed E-state index contributed by atoms with van der Waals surface area (Å²) in [4.78, 5) is 42.6. The van der Waals surface area contributed by atoms with Crippen molar-refractivity contribution in [2.24, 2.45) is 10.3 Å². The topological polar surface area (TPSA) is 138 Å². The lowest BCUT2D eigenvalue weighted by Gasteiger charge is -2.16. The molecule has 0 aromatic carbocycles. The highest BCUT2D eigenvalue weighted by atomic mass is 16.5. The van der Waals surface area contributed by atoms with Gasteiger partial charge in [-0.05, 0) is 20.3 Å². The van der Waals surface area contributed by atoms with E-state index in [-0.39, 0.29) is 37.6 Å². The van der Waals surface area contributed by atoms with Crippen LogP contribution in [0.3, 0.4) is 0 Å². The minimum absolute atomic E-state index is 0.0340. The fourth-order valence-electron chi connectivity index (χ4n) is 1.88. The molecule has 11 nitrogen and oxygen atoms in total. The van der Waals surface area contributed by atoms with Crippen LogP contribution in [-0.2, 0) is 19.1 Å². The van der Waals surface area contributed by atoms with Crippen LogP contribution in [0.25, 0.3) is 0 Å². The smallest absolute Gasteiger partial charge is 0.328 e. The lowest BCUT2D eigenvalue weighted by Crippen LogP contribution is -2.42. The number of H-pyrrole nitrogens is 1. The Hall–Kier alpha value is -2.98. The number of hydrogen-bond donors (Lipinski definition) is 2. The summed E-state index contributed by atoms with van der Waals surface area (Å²) >= 11 is 0. The molecule has 0 spiro atoms. The lowest BCUT2D eigenvalue weighted by atomic mass is 10.1. The minimum atomic E-state index is -1.01. The van der Waals surface area contributed by atoms with Gasteiger partial charge in [-0.25, -0.2) is 9.78 Å². The second-order valence-electron chi connectivity index (χ2n) is 5.26. The first-order valence-electron chi connectivity index (χ1n) is 8.14. The average molecular weight is 368 g/mol. The van der Waals surface area contributed by atoms with Gasteiger partial charge in [0.05, 0.1) is 19.5 Å². The van der Waals surface area contributed by atoms with E-state index in [0.717, 1.165) is 0 Å². The van der Waals surface area contributed by atoms with Gasteiger partial charge >= 0.3 is 11.9 Å². The van der Waals surface area contributed by atoms with E-state index in [0.29, 0.717) is 0 Å². The van der Waals surface area contributed by atoms with Crippen LogP contribution in [0.15, 0.2) is 16.7 Å². The number of rotatable bonds is 10. The van der Waals surface area contributed by atoms with Crippen molar-refractivity contribution in [2.45, 2.75) is 32.7 Å². The third-order valence-corrected chi connectivity index (χ3v) is 2.98. The number of imidazole rings is 1. The summed E-state index contributed by atoms with van der Waals surface area (Å²) in [5.41, 5.74) is 0.0426. The van der Waals surface area contributed by atoms with Gasteiger partial charge in [-0.1, -0.05) is 5.22 Å². The van der Waals surface area contributed by atoms with Crippen molar-refractivity contribution in [1.29, 1.82) is 0 Å². The van der Waals surface area contributed by atoms with E-state index in [1.54, 1.807) is 27.9 Å². The summed E-state index contributed by atoms with van der Waals surface area (Å²) < 4.78 is 9.77. The van der Waals surface area contributed by atoms with Crippen LogP contribution in [0.1, 0.15) is 37.2 Å². The molecule has 0 unspecified atom stereocenters. The van der Waals surface area contributed by atoms with E-state index < -0.39 is 23.9 Å². The first-order chi connectivity index (χ1) is 12.4. The highest BCUT2D eigenvalue weighted by Crippen LogP contribution is 2.15. The highest BCUT2D eigenvalue weighted by molar-refractivity contribution is 5.98. The molecule has 144 valence electrons. The van der Waals surface area contributed by atoms with Crippen molar-refractivity contribution in [2.75, 3.05) is 27.3 Å². The molecule has 1 heterocycles. The highest BCUT2D eigenvalue weighted by Gasteiger charge is 2.26. The van der Waals surface area contributed by atoms with E-state index in [2.05, 4.69) is 25.6 Å². The normalized spacial score (nSPS) is 11.8. The Balaban J connectivity index is 2.83. The predicted molar refractivity (Wildman–Crippen MR) is 90.5 cm³/mol. The van der Waals surface area contributed by atoms with Crippen molar-refractivity contribution >= 4 is 23.7 Å². The third kappa shape index (κ3) is 6.87. The van der Waals surface area contributed by atoms with Crippen LogP contribution in [0.4, 0.5) is 5.82 Å². The molecule has 1 aromatic rings. The van der Waals surface area contributed by atoms with E-state index >= 15 is 0 Å². The molecule has 1 atom stereocenters. The first kappa shape index (κ1) is 21.1. The molecule has 0 saturated heterocycles. The first-order valence-corrected chi connectivity index (χ1v) is 8.14. The summed E-state index contributed by atoms with van der Waals surface area (Å²) in [5.74, 6) is -1.64. The Kier molecular flexibility index (Phi) is 8.75. The SMILES string of the molecule is CCOC(=O)CC[C@@H](NC(=O)c1[nH]cnc1N=NN(C)C)C(=O)OCC. The monoisotopic (exact) mass is 368 g/mol. The molecule has 0 aliphatic carbocycles. The van der Waals surface area contributed by atoms with Crippen molar-refractivity contribution in [3.05, 3.63) is 12.0 Å². The maximum atomic E-state index is 12.4. The third-order valence-electron chi connectivity index (χ3n) is 2.98. The maximum absolute atomic E-state index is 12.4. The number of nitrogens with one attached hydrogen (secondary N) is 2. The zero-order valence-corrected chi connectivity index (χ0v) is 15.3. The lowest BCUT2D eigenvalue weighted by molar-refractivity contribution is -0.146. The van der Waals surface area contributed by atoms with Gasteiger partial charge in [-0.2, -0.15) is 0 Å². The average Bonchev–Trinajstić information content (AvgIpc) is 3.05. The van der Waals surface area contributed by atoms with Gasteiger partial charge in [0, 0.05) is 20.5 Å². The van der Waals surface area contributed by atoms with E-state index in [1.807, 2.05) is 0 Å². The molecule has 0 bridgehead atoms. The Bertz CT molecular complexity index is 642. The van der Waals surface area contributed by atoms with Gasteiger partial charge in [0.25, 0.3) is 5.91 Å². The molecule has 1 amide bonds. The van der Waals surface area contributed by atoms with Crippen LogP contribution < -0.4 is 5.32 Å². The van der Waals surface area contributed by atoms with Crippen molar-refractivity contribution < 1.29 is 23.9 Å². The van der Waals surface area contributed by atoms with Gasteiger partial charge < -0.3 is 19.8 Å². The fourth-order valence-corrected chi connectivity index (χ4v) is 1.88. The number of ether oxygens (including phenoxy) is 2. The molecule has 26 heavy (non-hydrogen) atoms. The number of aromatic nitrogens is 2. The summed E-state index contributed by atoms with van der Waals surface area (Å²) in [7, 11) is 3.34. The molecule has 0 aliphatic heterocycles. The van der Waals surface area contributed by atoms with Gasteiger partial charge in [0.2, 0.25) is 5.82 Å². The van der Waals surface area contributed by atoms with E-state index in [9.17, 15) is 14.4 Å². The molecular formula is C15H24N6O5. The van der Waals surface area contributed by atoms with Gasteiger partial charge in [0.15, 0.2) is 5.69 Å². The number of carbonyl (C=O) groups is 3. The second kappa shape index (κ2) is 10.8. The summed E-state index contributed by atoms with van der Waals surface area (Å²) in [6.45, 7) is 3.72. The van der Waals surface area contributed by atoms with Gasteiger partial charge in [0.1, 0.15) is 6.04 Å². The van der Waals surface area contributed by atoms with E-state index in [1.165, 1.54) is 11.3 Å². The molecule has 0 aliphatic rings. The summed E-state index contributed by atoms with van der Waals surface area (Å²) in [5, 5.41) is 11.6. The minimum Gasteiger partial charge on any atom is -0.466 e. The molecule has 0 saturated carbocycles. The molecular weight excluding hydrogens is 344 g/mol. The van der Waals surface area contributed by atoms with Crippen LogP contribution in [-0.4, -0.2) is 66.2 Å². The maximum Gasteiger partial charge on any atom is 0.328 e. The molecule has 0 fully saturated rings. The fraction of sp³-hybridized carbons (Fsp3) is 0.600. The standard InChI is InChI=1S/C15H24N6O5/c1-5-25-11(22)8-7-10(15(24)26-6-2)18-14(23)12-13(17-9-16-12)19-20-21(3)4/h9-10H,5-8H2,1-4H3,(H,16,17)(H,18,23)/t10-/m1/s1. The van der Waals surface area contributed by atoms with Crippen LogP contribution in [0.5, 0.6) is 0 Å². The van der Waals surface area contributed by atoms with Crippen LogP contribution in [0, 0.1) is 0 Å². The van der Waals surface area contributed by atoms with Crippen molar-refractivity contribution in [3.63, 3.8) is 0 Å². The molecule has 1 rings (SSSR count). The number of esters is 2. The van der Waals surface area contributed by atoms with Crippen LogP contribution >= 0.6 is 0 Å². The Labute approximate surface area is 151 Å². The number of hydrogen-bond acceptors (Lipinski definition) is 8. The van der Waals surface area contributed by atoms with E-state index in [4.69, 9.17) is 9.47 Å². The Morgan fingerprint density at radius 1 is 1.27 bits per heavy atom. The van der Waals surface area contributed by atoms with Crippen LogP contribution in [0.2, 0.25) is 0 Å². The Morgan fingerprint density at radius 3 is 2.58 bits per heavy atom. The molecule has 1 aromatic heterocycles. The van der Waals surface area contributed by atoms with Crippen molar-refractivity contribution in [3.8, 4) is 0 Å². The zero-order chi connectivity index (χ0) is 19.5. The van der Waals surface area contributed by atoms with Gasteiger partial charge in [-0.15, -0.1) is 5.11 Å². The number of carbonyl (C=O) groups excluding carboxylic acids is 3. The largest absolute Gasteiger partial charge is 0.466 e. The number of aromatic amines is 1. The molecule has 2 N–H and O–H groups in total. The number of amides is 1. The van der Waals surface area contributed by atoms with Crippen molar-refractivity contribution in [1.82, 2.24) is 20.3 Å². The quantitative estimate of drug-likeness (QED) is 0.356. The predicted octanol–water partition coefficient (Wildman–Crippen LogP) is 0.975. The molecule has 0 radical (unpaired) electrons. The Morgan fingerprint density at radius 2 is 1.96 bits per heavy atom. The zero-order valence-electron chi connectivity index (χ0n) is 15.3. The number of nitrogens with zero attached hydrogens (tertiary/aromatic N) is 4. The second-order valence-corrected chi connectivity index (χ2v) is 5.26. The van der Waals surface area contributed by atoms with Gasteiger partial charge in [-0.3, -0.25) is 14.6 Å². The molecule has 11 heteroatoms.